The van der Waals surface area contributed by atoms with E-state index >= 15 is 0 Å². The predicted octanol–water partition coefficient (Wildman–Crippen LogP) is 7.41. The van der Waals surface area contributed by atoms with E-state index in [1.807, 2.05) is 6.07 Å². The fraction of sp³-hybridized carbons (Fsp3) is 0.176. The highest BCUT2D eigenvalue weighted by Gasteiger charge is 2.23. The third-order valence-corrected chi connectivity index (χ3v) is 8.96. The highest BCUT2D eigenvalue weighted by Crippen LogP contribution is 2.40. The Labute approximate surface area is 271 Å². The van der Waals surface area contributed by atoms with Crippen LogP contribution in [0.2, 0.25) is 5.02 Å². The molecule has 6 rings (SSSR count). The van der Waals surface area contributed by atoms with Gasteiger partial charge in [-0.1, -0.05) is 23.7 Å². The molecule has 0 atom stereocenters. The summed E-state index contributed by atoms with van der Waals surface area (Å²) < 4.78 is 23.3. The molecule has 6 aromatic rings. The van der Waals surface area contributed by atoms with E-state index in [-0.39, 0.29) is 46.4 Å². The molecule has 0 saturated heterocycles. The van der Waals surface area contributed by atoms with Crippen molar-refractivity contribution in [2.24, 2.45) is 0 Å². The largest absolute Gasteiger partial charge is 0.491 e. The van der Waals surface area contributed by atoms with Gasteiger partial charge in [-0.15, -0.1) is 11.3 Å². The number of aromatic nitrogens is 4. The average Bonchev–Trinajstić information content (AvgIpc) is 3.43. The minimum Gasteiger partial charge on any atom is -0.491 e. The Hall–Kier alpha value is -5.18. The van der Waals surface area contributed by atoms with Crippen molar-refractivity contribution in [2.75, 3.05) is 6.61 Å². The van der Waals surface area contributed by atoms with Gasteiger partial charge in [-0.05, 0) is 63.6 Å². The molecule has 12 heteroatoms. The number of nitrogens with zero attached hydrogens (tertiary/aromatic N) is 5. The lowest BCUT2D eigenvalue weighted by molar-refractivity contribution is 0.0699. The predicted molar refractivity (Wildman–Crippen MR) is 175 cm³/mol. The quantitative estimate of drug-likeness (QED) is 0.188. The average molecular weight is 654 g/mol. The number of aromatic carboxylic acids is 1. The minimum absolute atomic E-state index is 0.0466. The normalized spacial score (nSPS) is 11.2. The maximum atomic E-state index is 15.0. The van der Waals surface area contributed by atoms with Crippen LogP contribution >= 0.6 is 22.9 Å². The fourth-order valence-corrected chi connectivity index (χ4v) is 6.79. The van der Waals surface area contributed by atoms with E-state index in [0.717, 1.165) is 5.56 Å². The van der Waals surface area contributed by atoms with Gasteiger partial charge in [0, 0.05) is 32.8 Å². The van der Waals surface area contributed by atoms with E-state index in [1.165, 1.54) is 22.0 Å². The molecule has 1 N–H and O–H groups in total. The summed E-state index contributed by atoms with van der Waals surface area (Å²) in [5, 5.41) is 21.9. The second-order valence-corrected chi connectivity index (χ2v) is 12.1. The lowest BCUT2D eigenvalue weighted by atomic mass is 9.98. The first-order valence-electron chi connectivity index (χ1n) is 14.1. The van der Waals surface area contributed by atoms with Crippen molar-refractivity contribution in [3.63, 3.8) is 0 Å². The molecular formula is C34H25ClFN5O4S. The van der Waals surface area contributed by atoms with Crippen LogP contribution in [-0.2, 0) is 6.54 Å². The molecule has 0 aliphatic rings. The van der Waals surface area contributed by atoms with E-state index in [9.17, 15) is 24.3 Å². The van der Waals surface area contributed by atoms with Crippen molar-refractivity contribution < 1.29 is 19.0 Å². The summed E-state index contributed by atoms with van der Waals surface area (Å²) in [5.41, 5.74) is 3.49. The van der Waals surface area contributed by atoms with Crippen LogP contribution < -0.4 is 10.3 Å². The van der Waals surface area contributed by atoms with Gasteiger partial charge in [-0.25, -0.2) is 19.2 Å². The lowest BCUT2D eigenvalue weighted by Gasteiger charge is -2.17. The number of hydrogen-bond acceptors (Lipinski definition) is 8. The van der Waals surface area contributed by atoms with Crippen LogP contribution in [0.5, 0.6) is 5.75 Å². The van der Waals surface area contributed by atoms with Crippen LogP contribution in [0.4, 0.5) is 4.39 Å². The number of halogens is 2. The van der Waals surface area contributed by atoms with Gasteiger partial charge in [0.25, 0.3) is 5.56 Å². The van der Waals surface area contributed by atoms with Gasteiger partial charge in [0.15, 0.2) is 0 Å². The number of carboxylic acid groups (broad SMARTS) is 1. The topological polar surface area (TPSA) is 131 Å². The molecule has 0 aliphatic carbocycles. The molecule has 9 nitrogen and oxygen atoms in total. The van der Waals surface area contributed by atoms with E-state index < -0.39 is 17.3 Å². The van der Waals surface area contributed by atoms with Gasteiger partial charge in [0.2, 0.25) is 0 Å². The highest BCUT2D eigenvalue weighted by atomic mass is 35.5. The molecule has 0 saturated carbocycles. The fourth-order valence-electron chi connectivity index (χ4n) is 5.60. The number of fused-ring (bicyclic) bond motifs is 2. The Morgan fingerprint density at radius 1 is 1.09 bits per heavy atom. The molecule has 230 valence electrons. The summed E-state index contributed by atoms with van der Waals surface area (Å²) in [6.07, 6.45) is 0. The Morgan fingerprint density at radius 3 is 2.59 bits per heavy atom. The first-order valence-corrected chi connectivity index (χ1v) is 15.4. The van der Waals surface area contributed by atoms with Crippen molar-refractivity contribution in [3.8, 4) is 34.2 Å². The van der Waals surface area contributed by atoms with E-state index in [0.29, 0.717) is 49.3 Å². The zero-order chi connectivity index (χ0) is 32.9. The number of rotatable bonds is 7. The molecule has 4 aromatic heterocycles. The highest BCUT2D eigenvalue weighted by molar-refractivity contribution is 7.18. The molecule has 0 radical (unpaired) electrons. The summed E-state index contributed by atoms with van der Waals surface area (Å²) in [4.78, 5) is 39.4. The number of carboxylic acids is 1. The van der Waals surface area contributed by atoms with Crippen LogP contribution in [0.3, 0.4) is 0 Å². The van der Waals surface area contributed by atoms with Crippen LogP contribution in [0.15, 0.2) is 52.6 Å². The summed E-state index contributed by atoms with van der Waals surface area (Å²) in [5.74, 6) is -0.744. The van der Waals surface area contributed by atoms with Crippen molar-refractivity contribution in [3.05, 3.63) is 103 Å². The summed E-state index contributed by atoms with van der Waals surface area (Å²) >= 11 is 7.66. The SMILES string of the molecule is Cc1cc(-c2cc(Cl)ccc2OCCn2c(C)nc3c(C)nc(-c4c(C)cccc4F)c(C#N)c3c2=O)c2scc(C(=O)O)c2n1. The molecule has 4 heterocycles. The Kier molecular flexibility index (Phi) is 8.02. The van der Waals surface area contributed by atoms with Crippen molar-refractivity contribution >= 4 is 50.0 Å². The summed E-state index contributed by atoms with van der Waals surface area (Å²) in [7, 11) is 0. The van der Waals surface area contributed by atoms with Gasteiger partial charge in [-0.2, -0.15) is 5.26 Å². The molecule has 2 aromatic carbocycles. The number of benzene rings is 2. The monoisotopic (exact) mass is 653 g/mol. The number of thiophene rings is 1. The Bertz CT molecular complexity index is 2320. The Balaban J connectivity index is 1.40. The van der Waals surface area contributed by atoms with Crippen LogP contribution in [0.25, 0.3) is 43.5 Å². The van der Waals surface area contributed by atoms with Gasteiger partial charge in [-0.3, -0.25) is 14.3 Å². The van der Waals surface area contributed by atoms with Crippen molar-refractivity contribution in [1.29, 1.82) is 5.26 Å². The lowest BCUT2D eigenvalue weighted by Crippen LogP contribution is -2.27. The Morgan fingerprint density at radius 2 is 1.87 bits per heavy atom. The van der Waals surface area contributed by atoms with Crippen LogP contribution in [-0.4, -0.2) is 37.2 Å². The molecular weight excluding hydrogens is 629 g/mol. The van der Waals surface area contributed by atoms with Crippen molar-refractivity contribution in [1.82, 2.24) is 19.5 Å². The molecule has 0 spiro atoms. The molecule has 46 heavy (non-hydrogen) atoms. The van der Waals surface area contributed by atoms with Gasteiger partial charge < -0.3 is 9.84 Å². The number of hydrogen-bond donors (Lipinski definition) is 1. The number of ether oxygens (including phenoxy) is 1. The van der Waals surface area contributed by atoms with Crippen LogP contribution in [0, 0.1) is 44.8 Å². The van der Waals surface area contributed by atoms with E-state index in [1.54, 1.807) is 63.4 Å². The maximum Gasteiger partial charge on any atom is 0.338 e. The standard InChI is InChI=1S/C34H25ClFN5O4S/c1-16-6-5-7-25(36)27(16)30-23(14-37)28-29(18(3)39-30)40-19(4)41(33(28)42)10-11-45-26-9-8-20(35)13-21(26)22-12-17(2)38-31-24(34(43)44)15-46-32(22)31/h5-9,12-13,15H,10-11H2,1-4H3,(H,43,44). The molecule has 0 unspecified atom stereocenters. The zero-order valence-electron chi connectivity index (χ0n) is 25.1. The van der Waals surface area contributed by atoms with Gasteiger partial charge >= 0.3 is 5.97 Å². The smallest absolute Gasteiger partial charge is 0.338 e. The van der Waals surface area contributed by atoms with E-state index in [2.05, 4.69) is 21.0 Å². The van der Waals surface area contributed by atoms with Gasteiger partial charge in [0.05, 0.1) is 44.7 Å². The maximum absolute atomic E-state index is 15.0. The summed E-state index contributed by atoms with van der Waals surface area (Å²) in [6, 6.07) is 13.6. The zero-order valence-corrected chi connectivity index (χ0v) is 26.7. The summed E-state index contributed by atoms with van der Waals surface area (Å²) in [6.45, 7) is 6.99. The molecule has 0 aliphatic heterocycles. The first-order chi connectivity index (χ1) is 22.0. The van der Waals surface area contributed by atoms with Crippen molar-refractivity contribution in [2.45, 2.75) is 34.2 Å². The second-order valence-electron chi connectivity index (χ2n) is 10.7. The third-order valence-electron chi connectivity index (χ3n) is 7.73. The molecule has 0 bridgehead atoms. The minimum atomic E-state index is -1.07. The number of aryl methyl sites for hydroxylation is 4. The first kappa shape index (κ1) is 30.8. The second kappa shape index (κ2) is 12.0. The molecule has 0 fully saturated rings. The van der Waals surface area contributed by atoms with Gasteiger partial charge in [0.1, 0.15) is 35.6 Å². The van der Waals surface area contributed by atoms with E-state index in [4.69, 9.17) is 16.3 Å². The van der Waals surface area contributed by atoms with Crippen LogP contribution in [0.1, 0.15) is 38.7 Å². The number of carbonyl (C=O) groups is 1. The molecule has 0 amide bonds. The third kappa shape index (κ3) is 5.25. The number of pyridine rings is 2. The number of nitriles is 1.